The first-order chi connectivity index (χ1) is 19.3. The number of carbonyl (C=O) groups excluding carboxylic acids is 1. The van der Waals surface area contributed by atoms with Crippen molar-refractivity contribution in [2.75, 3.05) is 7.11 Å². The van der Waals surface area contributed by atoms with Gasteiger partial charge < -0.3 is 4.74 Å². The summed E-state index contributed by atoms with van der Waals surface area (Å²) in [7, 11) is 1.48. The minimum absolute atomic E-state index is 0.0578. The first-order valence-corrected chi connectivity index (χ1v) is 18.3. The molecule has 39 heavy (non-hydrogen) atoms. The summed E-state index contributed by atoms with van der Waals surface area (Å²) in [5, 5.41) is 0. The highest BCUT2D eigenvalue weighted by atomic mass is 16.5. The lowest BCUT2D eigenvalue weighted by Gasteiger charge is -2.04. The number of hydrogen-bond donors (Lipinski definition) is 0. The summed E-state index contributed by atoms with van der Waals surface area (Å²) in [4.78, 5) is 11.1. The Hall–Kier alpha value is -0.530. The number of ether oxygens (including phenoxy) is 1. The Morgan fingerprint density at radius 3 is 1.05 bits per heavy atom. The zero-order valence-corrected chi connectivity index (χ0v) is 27.1. The predicted octanol–water partition coefficient (Wildman–Crippen LogP) is 12.9. The minimum Gasteiger partial charge on any atom is -0.469 e. The Balaban J connectivity index is 1.68. The van der Waals surface area contributed by atoms with E-state index in [2.05, 4.69) is 11.7 Å². The summed E-state index contributed by atoms with van der Waals surface area (Å²) in [5.74, 6) is 2.16. The molecule has 1 aliphatic rings. The SMILES string of the molecule is CCCCCCCCCCCCCCCCCCC1CC1CCCCCCCCCCCCCCC(=O)OC. The van der Waals surface area contributed by atoms with Crippen LogP contribution in [0.3, 0.4) is 0 Å². The van der Waals surface area contributed by atoms with Gasteiger partial charge in [-0.3, -0.25) is 4.79 Å². The van der Waals surface area contributed by atoms with Crippen LogP contribution in [0.15, 0.2) is 0 Å². The van der Waals surface area contributed by atoms with Gasteiger partial charge in [-0.1, -0.05) is 193 Å². The topological polar surface area (TPSA) is 26.3 Å². The largest absolute Gasteiger partial charge is 0.469 e. The maximum Gasteiger partial charge on any atom is 0.305 e. The van der Waals surface area contributed by atoms with E-state index in [1.54, 1.807) is 6.42 Å². The maximum atomic E-state index is 11.1. The first kappa shape index (κ1) is 36.5. The van der Waals surface area contributed by atoms with Crippen LogP contribution in [0.4, 0.5) is 0 Å². The monoisotopic (exact) mass is 549 g/mol. The van der Waals surface area contributed by atoms with E-state index < -0.39 is 0 Å². The Labute approximate surface area is 246 Å². The van der Waals surface area contributed by atoms with Crippen LogP contribution in [0.5, 0.6) is 0 Å². The Morgan fingerprint density at radius 2 is 0.744 bits per heavy atom. The molecule has 0 aromatic heterocycles. The van der Waals surface area contributed by atoms with Crippen LogP contribution in [0.2, 0.25) is 0 Å². The Bertz CT molecular complexity index is 502. The second-order valence-electron chi connectivity index (χ2n) is 13.2. The Morgan fingerprint density at radius 1 is 0.462 bits per heavy atom. The fourth-order valence-corrected chi connectivity index (χ4v) is 6.52. The van der Waals surface area contributed by atoms with Gasteiger partial charge in [-0.05, 0) is 24.7 Å². The molecule has 2 unspecified atom stereocenters. The smallest absolute Gasteiger partial charge is 0.305 e. The van der Waals surface area contributed by atoms with Crippen molar-refractivity contribution in [1.29, 1.82) is 0 Å². The molecule has 0 aliphatic heterocycles. The second-order valence-corrected chi connectivity index (χ2v) is 13.2. The molecule has 0 heterocycles. The molecule has 1 rings (SSSR count). The molecule has 0 N–H and O–H groups in total. The highest BCUT2D eigenvalue weighted by Gasteiger charge is 2.34. The first-order valence-electron chi connectivity index (χ1n) is 18.3. The van der Waals surface area contributed by atoms with Gasteiger partial charge in [0, 0.05) is 6.42 Å². The lowest BCUT2D eigenvalue weighted by Crippen LogP contribution is -1.99. The van der Waals surface area contributed by atoms with Gasteiger partial charge in [0.05, 0.1) is 7.11 Å². The molecule has 0 amide bonds. The number of unbranched alkanes of at least 4 members (excludes halogenated alkanes) is 26. The van der Waals surface area contributed by atoms with Crippen LogP contribution in [-0.2, 0) is 9.53 Å². The van der Waals surface area contributed by atoms with Gasteiger partial charge in [0.1, 0.15) is 0 Å². The highest BCUT2D eigenvalue weighted by Crippen LogP contribution is 2.45. The molecule has 1 aliphatic carbocycles. The number of esters is 1. The van der Waals surface area contributed by atoms with E-state index >= 15 is 0 Å². The van der Waals surface area contributed by atoms with E-state index in [9.17, 15) is 4.79 Å². The van der Waals surface area contributed by atoms with E-state index in [-0.39, 0.29) is 5.97 Å². The van der Waals surface area contributed by atoms with Crippen molar-refractivity contribution in [3.05, 3.63) is 0 Å². The Kier molecular flexibility index (Phi) is 27.1. The number of carbonyl (C=O) groups is 1. The van der Waals surface area contributed by atoms with Gasteiger partial charge in [0.25, 0.3) is 0 Å². The van der Waals surface area contributed by atoms with E-state index in [0.717, 1.165) is 18.3 Å². The van der Waals surface area contributed by atoms with Crippen molar-refractivity contribution in [3.8, 4) is 0 Å². The third kappa shape index (κ3) is 26.1. The zero-order valence-electron chi connectivity index (χ0n) is 27.1. The molecule has 0 radical (unpaired) electrons. The summed E-state index contributed by atoms with van der Waals surface area (Å²) in [6, 6.07) is 0. The molecular weight excluding hydrogens is 476 g/mol. The van der Waals surface area contributed by atoms with Gasteiger partial charge in [0.15, 0.2) is 0 Å². The van der Waals surface area contributed by atoms with Gasteiger partial charge in [-0.2, -0.15) is 0 Å². The summed E-state index contributed by atoms with van der Waals surface area (Å²) >= 11 is 0. The van der Waals surface area contributed by atoms with Crippen molar-refractivity contribution in [3.63, 3.8) is 0 Å². The molecule has 2 nitrogen and oxygen atoms in total. The van der Waals surface area contributed by atoms with E-state index in [1.807, 2.05) is 0 Å². The molecule has 232 valence electrons. The molecule has 0 saturated heterocycles. The minimum atomic E-state index is -0.0578. The van der Waals surface area contributed by atoms with Crippen LogP contribution in [0, 0.1) is 11.8 Å². The average Bonchev–Trinajstić information content (AvgIpc) is 3.70. The second kappa shape index (κ2) is 29.0. The molecule has 0 bridgehead atoms. The summed E-state index contributed by atoms with van der Waals surface area (Å²) < 4.78 is 4.69. The van der Waals surface area contributed by atoms with E-state index in [0.29, 0.717) is 6.42 Å². The molecule has 0 aromatic carbocycles. The highest BCUT2D eigenvalue weighted by molar-refractivity contribution is 5.68. The zero-order chi connectivity index (χ0) is 28.1. The van der Waals surface area contributed by atoms with Gasteiger partial charge in [-0.15, -0.1) is 0 Å². The fraction of sp³-hybridized carbons (Fsp3) is 0.973. The van der Waals surface area contributed by atoms with E-state index in [4.69, 9.17) is 0 Å². The standard InChI is InChI=1S/C37H72O2/c1-3-4-5-6-7-8-9-10-11-12-13-16-19-22-25-28-31-35-34-36(35)32-29-26-23-20-17-14-15-18-21-24-27-30-33-37(38)39-2/h35-36H,3-34H2,1-2H3. The van der Waals surface area contributed by atoms with E-state index in [1.165, 1.54) is 193 Å². The lowest BCUT2D eigenvalue weighted by atomic mass is 10.0. The van der Waals surface area contributed by atoms with Crippen molar-refractivity contribution in [2.45, 2.75) is 212 Å². The van der Waals surface area contributed by atoms with Crippen molar-refractivity contribution < 1.29 is 9.53 Å². The molecule has 1 fully saturated rings. The van der Waals surface area contributed by atoms with Crippen LogP contribution in [-0.4, -0.2) is 13.1 Å². The third-order valence-corrected chi connectivity index (χ3v) is 9.43. The van der Waals surface area contributed by atoms with Gasteiger partial charge in [-0.25, -0.2) is 0 Å². The number of methoxy groups -OCH3 is 1. The maximum absolute atomic E-state index is 11.1. The number of rotatable bonds is 32. The lowest BCUT2D eigenvalue weighted by molar-refractivity contribution is -0.140. The molecular formula is C37H72O2. The van der Waals surface area contributed by atoms with Crippen LogP contribution >= 0.6 is 0 Å². The molecule has 2 heteroatoms. The molecule has 2 atom stereocenters. The number of hydrogen-bond acceptors (Lipinski definition) is 2. The van der Waals surface area contributed by atoms with Crippen LogP contribution in [0.1, 0.15) is 212 Å². The van der Waals surface area contributed by atoms with Gasteiger partial charge in [0.2, 0.25) is 0 Å². The predicted molar refractivity (Wildman–Crippen MR) is 172 cm³/mol. The van der Waals surface area contributed by atoms with Crippen molar-refractivity contribution >= 4 is 5.97 Å². The van der Waals surface area contributed by atoms with Crippen LogP contribution in [0.25, 0.3) is 0 Å². The third-order valence-electron chi connectivity index (χ3n) is 9.43. The van der Waals surface area contributed by atoms with Gasteiger partial charge >= 0.3 is 5.97 Å². The van der Waals surface area contributed by atoms with Crippen molar-refractivity contribution in [2.24, 2.45) is 11.8 Å². The summed E-state index contributed by atoms with van der Waals surface area (Å²) in [6.07, 6.45) is 45.1. The molecule has 1 saturated carbocycles. The molecule has 0 aromatic rings. The average molecular weight is 549 g/mol. The van der Waals surface area contributed by atoms with Crippen LogP contribution < -0.4 is 0 Å². The molecule has 0 spiro atoms. The normalized spacial score (nSPS) is 16.6. The van der Waals surface area contributed by atoms with Crippen molar-refractivity contribution in [1.82, 2.24) is 0 Å². The summed E-state index contributed by atoms with van der Waals surface area (Å²) in [5.41, 5.74) is 0. The fourth-order valence-electron chi connectivity index (χ4n) is 6.52. The quantitative estimate of drug-likeness (QED) is 0.0617. The summed E-state index contributed by atoms with van der Waals surface area (Å²) in [6.45, 7) is 2.31.